The Morgan fingerprint density at radius 3 is 3.07 bits per heavy atom. The van der Waals surface area contributed by atoms with Crippen LogP contribution in [0.1, 0.15) is 15.9 Å². The molecule has 3 nitrogen and oxygen atoms in total. The van der Waals surface area contributed by atoms with Gasteiger partial charge in [0.1, 0.15) is 0 Å². The van der Waals surface area contributed by atoms with E-state index < -0.39 is 0 Å². The average Bonchev–Trinajstić information content (AvgIpc) is 2.16. The number of rotatable bonds is 1. The van der Waals surface area contributed by atoms with E-state index in [0.29, 0.717) is 12.0 Å². The van der Waals surface area contributed by atoms with Crippen molar-refractivity contribution in [3.63, 3.8) is 0 Å². The molecular weight excluding hydrogens is 246 g/mol. The van der Waals surface area contributed by atoms with Gasteiger partial charge in [0.25, 0.3) is 5.91 Å². The van der Waals surface area contributed by atoms with E-state index in [1.165, 1.54) is 0 Å². The van der Waals surface area contributed by atoms with Gasteiger partial charge in [0.2, 0.25) is 0 Å². The van der Waals surface area contributed by atoms with Crippen molar-refractivity contribution < 1.29 is 9.90 Å². The Morgan fingerprint density at radius 1 is 1.57 bits per heavy atom. The monoisotopic (exact) mass is 255 g/mol. The van der Waals surface area contributed by atoms with Crippen LogP contribution in [0.25, 0.3) is 0 Å². The Bertz CT molecular complexity index is 378. The van der Waals surface area contributed by atoms with Gasteiger partial charge in [-0.15, -0.1) is 0 Å². The summed E-state index contributed by atoms with van der Waals surface area (Å²) in [6.07, 6.45) is 0.691. The summed E-state index contributed by atoms with van der Waals surface area (Å²) >= 11 is 3.36. The summed E-state index contributed by atoms with van der Waals surface area (Å²) in [5, 5.41) is 11.7. The van der Waals surface area contributed by atoms with Crippen LogP contribution in [0.2, 0.25) is 0 Å². The fraction of sp³-hybridized carbons (Fsp3) is 0.300. The smallest absolute Gasteiger partial charge is 0.251 e. The first-order valence-electron chi connectivity index (χ1n) is 4.41. The van der Waals surface area contributed by atoms with E-state index in [-0.39, 0.29) is 18.6 Å². The lowest BCUT2D eigenvalue weighted by Gasteiger charge is -2.24. The van der Waals surface area contributed by atoms with E-state index in [1.807, 2.05) is 12.1 Å². The Hall–Kier alpha value is -0.870. The van der Waals surface area contributed by atoms with Crippen LogP contribution in [0.5, 0.6) is 0 Å². The quantitative estimate of drug-likeness (QED) is 0.790. The van der Waals surface area contributed by atoms with Crippen LogP contribution in [-0.4, -0.2) is 23.7 Å². The molecule has 1 heterocycles. The van der Waals surface area contributed by atoms with Crippen LogP contribution in [0.4, 0.5) is 0 Å². The van der Waals surface area contributed by atoms with Gasteiger partial charge in [0.05, 0.1) is 12.6 Å². The van der Waals surface area contributed by atoms with Crippen LogP contribution < -0.4 is 5.32 Å². The predicted octanol–water partition coefficient (Wildman–Crippen LogP) is 1.10. The molecule has 74 valence electrons. The molecule has 1 atom stereocenters. The highest BCUT2D eigenvalue weighted by Crippen LogP contribution is 2.21. The molecule has 0 bridgehead atoms. The standard InChI is InChI=1S/C10H10BrNO2/c11-7-1-2-9-6(3-7)4-8(5-13)12-10(9)14/h1-3,8,13H,4-5H2,(H,12,14). The third kappa shape index (κ3) is 1.67. The van der Waals surface area contributed by atoms with Crippen molar-refractivity contribution in [3.8, 4) is 0 Å². The van der Waals surface area contributed by atoms with Crippen LogP contribution in [0.15, 0.2) is 22.7 Å². The van der Waals surface area contributed by atoms with Gasteiger partial charge in [-0.3, -0.25) is 4.79 Å². The Labute approximate surface area is 90.3 Å². The molecule has 0 aromatic heterocycles. The molecule has 0 saturated heterocycles. The van der Waals surface area contributed by atoms with Crippen molar-refractivity contribution in [2.75, 3.05) is 6.61 Å². The number of benzene rings is 1. The second-order valence-corrected chi connectivity index (χ2v) is 4.27. The van der Waals surface area contributed by atoms with Gasteiger partial charge in [0.15, 0.2) is 0 Å². The largest absolute Gasteiger partial charge is 0.394 e. The number of halogens is 1. The molecule has 0 fully saturated rings. The van der Waals surface area contributed by atoms with Gasteiger partial charge in [-0.05, 0) is 30.2 Å². The molecule has 2 rings (SSSR count). The minimum atomic E-state index is -0.149. The van der Waals surface area contributed by atoms with Gasteiger partial charge in [-0.1, -0.05) is 15.9 Å². The van der Waals surface area contributed by atoms with Gasteiger partial charge >= 0.3 is 0 Å². The molecular formula is C10H10BrNO2. The van der Waals surface area contributed by atoms with Crippen molar-refractivity contribution in [1.82, 2.24) is 5.32 Å². The molecule has 4 heteroatoms. The fourth-order valence-corrected chi connectivity index (χ4v) is 2.05. The maximum absolute atomic E-state index is 11.5. The molecule has 1 aromatic carbocycles. The van der Waals surface area contributed by atoms with Crippen LogP contribution >= 0.6 is 15.9 Å². The molecule has 1 aliphatic rings. The fourth-order valence-electron chi connectivity index (χ4n) is 1.64. The lowest BCUT2D eigenvalue weighted by atomic mass is 9.96. The molecule has 1 amide bonds. The van der Waals surface area contributed by atoms with E-state index in [2.05, 4.69) is 21.2 Å². The number of nitrogens with one attached hydrogen (secondary N) is 1. The first-order chi connectivity index (χ1) is 6.70. The molecule has 0 saturated carbocycles. The number of amides is 1. The minimum absolute atomic E-state index is 0.0162. The van der Waals surface area contributed by atoms with Crippen molar-refractivity contribution in [1.29, 1.82) is 0 Å². The lowest BCUT2D eigenvalue weighted by Crippen LogP contribution is -2.43. The highest BCUT2D eigenvalue weighted by molar-refractivity contribution is 9.10. The summed E-state index contributed by atoms with van der Waals surface area (Å²) in [6, 6.07) is 5.42. The zero-order valence-corrected chi connectivity index (χ0v) is 9.04. The van der Waals surface area contributed by atoms with Gasteiger partial charge < -0.3 is 10.4 Å². The first-order valence-corrected chi connectivity index (χ1v) is 5.20. The van der Waals surface area contributed by atoms with Gasteiger partial charge in [0, 0.05) is 10.0 Å². The Kier molecular flexibility index (Phi) is 2.56. The summed E-state index contributed by atoms with van der Waals surface area (Å²) in [6.45, 7) is -0.0162. The zero-order chi connectivity index (χ0) is 10.1. The second kappa shape index (κ2) is 3.71. The van der Waals surface area contributed by atoms with Crippen molar-refractivity contribution in [2.45, 2.75) is 12.5 Å². The molecule has 0 spiro atoms. The number of aliphatic hydroxyl groups excluding tert-OH is 1. The van der Waals surface area contributed by atoms with Crippen LogP contribution in [0, 0.1) is 0 Å². The average molecular weight is 256 g/mol. The normalized spacial score (nSPS) is 20.1. The summed E-state index contributed by atoms with van der Waals surface area (Å²) in [5.74, 6) is -0.0993. The molecule has 14 heavy (non-hydrogen) atoms. The van der Waals surface area contributed by atoms with E-state index >= 15 is 0 Å². The highest BCUT2D eigenvalue weighted by atomic mass is 79.9. The second-order valence-electron chi connectivity index (χ2n) is 3.36. The molecule has 1 unspecified atom stereocenters. The molecule has 1 aromatic rings. The number of carbonyl (C=O) groups is 1. The number of hydrogen-bond donors (Lipinski definition) is 2. The van der Waals surface area contributed by atoms with E-state index in [0.717, 1.165) is 10.0 Å². The van der Waals surface area contributed by atoms with E-state index in [9.17, 15) is 4.79 Å². The zero-order valence-electron chi connectivity index (χ0n) is 7.46. The number of fused-ring (bicyclic) bond motifs is 1. The maximum atomic E-state index is 11.5. The summed E-state index contributed by atoms with van der Waals surface area (Å²) in [5.41, 5.74) is 1.69. The summed E-state index contributed by atoms with van der Waals surface area (Å²) in [4.78, 5) is 11.5. The van der Waals surface area contributed by atoms with Gasteiger partial charge in [-0.25, -0.2) is 0 Å². The van der Waals surface area contributed by atoms with Crippen molar-refractivity contribution in [2.24, 2.45) is 0 Å². The predicted molar refractivity (Wildman–Crippen MR) is 56.2 cm³/mol. The maximum Gasteiger partial charge on any atom is 0.251 e. The molecule has 2 N–H and O–H groups in total. The number of hydrogen-bond acceptors (Lipinski definition) is 2. The third-order valence-electron chi connectivity index (χ3n) is 2.33. The summed E-state index contributed by atoms with van der Waals surface area (Å²) < 4.78 is 0.961. The minimum Gasteiger partial charge on any atom is -0.394 e. The Morgan fingerprint density at radius 2 is 2.36 bits per heavy atom. The highest BCUT2D eigenvalue weighted by Gasteiger charge is 2.23. The topological polar surface area (TPSA) is 49.3 Å². The third-order valence-corrected chi connectivity index (χ3v) is 2.83. The SMILES string of the molecule is O=C1NC(CO)Cc2cc(Br)ccc21. The molecule has 1 aliphatic heterocycles. The lowest BCUT2D eigenvalue weighted by molar-refractivity contribution is 0.0901. The summed E-state index contributed by atoms with van der Waals surface area (Å²) in [7, 11) is 0. The van der Waals surface area contributed by atoms with Crippen molar-refractivity contribution >= 4 is 21.8 Å². The molecule has 0 radical (unpaired) electrons. The number of aliphatic hydroxyl groups is 1. The van der Waals surface area contributed by atoms with Crippen LogP contribution in [0.3, 0.4) is 0 Å². The number of carbonyl (C=O) groups excluding carboxylic acids is 1. The van der Waals surface area contributed by atoms with Gasteiger partial charge in [-0.2, -0.15) is 0 Å². The first kappa shape index (κ1) is 9.68. The Balaban J connectivity index is 2.40. The van der Waals surface area contributed by atoms with E-state index in [1.54, 1.807) is 6.07 Å². The van der Waals surface area contributed by atoms with E-state index in [4.69, 9.17) is 5.11 Å². The van der Waals surface area contributed by atoms with Crippen molar-refractivity contribution in [3.05, 3.63) is 33.8 Å². The van der Waals surface area contributed by atoms with Crippen LogP contribution in [-0.2, 0) is 6.42 Å². The molecule has 0 aliphatic carbocycles.